The molecule has 1 aromatic heterocycles. The number of hydrogen-bond donors (Lipinski definition) is 1. The van der Waals surface area contributed by atoms with Crippen LogP contribution in [0.2, 0.25) is 0 Å². The predicted molar refractivity (Wildman–Crippen MR) is 103 cm³/mol. The quantitative estimate of drug-likeness (QED) is 0.749. The number of aryl methyl sites for hydroxylation is 2. The number of pyridine rings is 1. The molecule has 0 spiro atoms. The topological polar surface area (TPSA) is 51.2 Å². The van der Waals surface area contributed by atoms with E-state index in [1.54, 1.807) is 25.6 Å². The van der Waals surface area contributed by atoms with Gasteiger partial charge in [0, 0.05) is 30.1 Å². The van der Waals surface area contributed by atoms with Crippen molar-refractivity contribution in [1.29, 1.82) is 0 Å². The number of hydrogen-bond acceptors (Lipinski definition) is 3. The van der Waals surface area contributed by atoms with Gasteiger partial charge >= 0.3 is 0 Å². The molecule has 0 fully saturated rings. The minimum atomic E-state index is -0.132. The molecule has 26 heavy (non-hydrogen) atoms. The summed E-state index contributed by atoms with van der Waals surface area (Å²) in [5.74, 6) is 0.556. The summed E-state index contributed by atoms with van der Waals surface area (Å²) in [5, 5.41) is 2.92. The number of benzene rings is 2. The molecule has 0 atom stereocenters. The van der Waals surface area contributed by atoms with Crippen molar-refractivity contribution >= 4 is 5.91 Å². The maximum atomic E-state index is 12.5. The van der Waals surface area contributed by atoms with E-state index in [1.165, 1.54) is 11.1 Å². The first-order valence-electron chi connectivity index (χ1n) is 8.51. The minimum Gasteiger partial charge on any atom is -0.496 e. The molecule has 0 aliphatic rings. The normalized spacial score (nSPS) is 10.4. The Morgan fingerprint density at radius 2 is 1.73 bits per heavy atom. The first kappa shape index (κ1) is 17.7. The van der Waals surface area contributed by atoms with Gasteiger partial charge in [0.2, 0.25) is 0 Å². The predicted octanol–water partition coefficient (Wildman–Crippen LogP) is 4.30. The highest BCUT2D eigenvalue weighted by Crippen LogP contribution is 2.33. The van der Waals surface area contributed by atoms with E-state index in [0.29, 0.717) is 17.9 Å². The maximum absolute atomic E-state index is 12.5. The van der Waals surface area contributed by atoms with Gasteiger partial charge < -0.3 is 10.1 Å². The fraction of sp³-hybridized carbons (Fsp3) is 0.182. The third-order valence-electron chi connectivity index (χ3n) is 4.34. The number of aromatic nitrogens is 1. The zero-order valence-electron chi connectivity index (χ0n) is 15.2. The smallest absolute Gasteiger partial charge is 0.251 e. The molecule has 0 radical (unpaired) electrons. The van der Waals surface area contributed by atoms with Crippen molar-refractivity contribution in [2.24, 2.45) is 0 Å². The monoisotopic (exact) mass is 346 g/mol. The zero-order valence-corrected chi connectivity index (χ0v) is 15.2. The molecule has 0 aliphatic carbocycles. The Hall–Kier alpha value is -3.14. The van der Waals surface area contributed by atoms with Gasteiger partial charge in [-0.2, -0.15) is 0 Å². The van der Waals surface area contributed by atoms with E-state index in [2.05, 4.69) is 42.3 Å². The molecule has 4 nitrogen and oxygen atoms in total. The molecule has 3 aromatic rings. The fourth-order valence-corrected chi connectivity index (χ4v) is 2.96. The number of nitrogens with one attached hydrogen (secondary N) is 1. The zero-order chi connectivity index (χ0) is 18.5. The van der Waals surface area contributed by atoms with Gasteiger partial charge in [-0.1, -0.05) is 23.8 Å². The van der Waals surface area contributed by atoms with Crippen LogP contribution in [0.25, 0.3) is 11.1 Å². The number of carbonyl (C=O) groups excluding carboxylic acids is 1. The van der Waals surface area contributed by atoms with E-state index in [0.717, 1.165) is 16.7 Å². The van der Waals surface area contributed by atoms with Gasteiger partial charge in [-0.3, -0.25) is 9.78 Å². The summed E-state index contributed by atoms with van der Waals surface area (Å²) in [6.45, 7) is 4.61. The second kappa shape index (κ2) is 7.83. The third-order valence-corrected chi connectivity index (χ3v) is 4.34. The first-order chi connectivity index (χ1) is 12.6. The summed E-state index contributed by atoms with van der Waals surface area (Å²) in [4.78, 5) is 16.4. The Kier molecular flexibility index (Phi) is 5.32. The second-order valence-corrected chi connectivity index (χ2v) is 6.27. The van der Waals surface area contributed by atoms with Gasteiger partial charge in [-0.05, 0) is 60.9 Å². The van der Waals surface area contributed by atoms with Gasteiger partial charge in [0.15, 0.2) is 0 Å². The van der Waals surface area contributed by atoms with E-state index in [9.17, 15) is 4.79 Å². The van der Waals surface area contributed by atoms with Gasteiger partial charge in [0.05, 0.1) is 7.11 Å². The lowest BCUT2D eigenvalue weighted by Gasteiger charge is -2.13. The van der Waals surface area contributed by atoms with Gasteiger partial charge in [-0.25, -0.2) is 0 Å². The Morgan fingerprint density at radius 3 is 2.42 bits per heavy atom. The summed E-state index contributed by atoms with van der Waals surface area (Å²) in [6.07, 6.45) is 3.42. The Bertz CT molecular complexity index is 921. The van der Waals surface area contributed by atoms with Gasteiger partial charge in [-0.15, -0.1) is 0 Å². The molecule has 1 heterocycles. The van der Waals surface area contributed by atoms with E-state index in [4.69, 9.17) is 4.74 Å². The number of amides is 1. The van der Waals surface area contributed by atoms with Crippen molar-refractivity contribution < 1.29 is 9.53 Å². The Morgan fingerprint density at radius 1 is 1.00 bits per heavy atom. The lowest BCUT2D eigenvalue weighted by molar-refractivity contribution is 0.0950. The molecular weight excluding hydrogens is 324 g/mol. The molecule has 0 bridgehead atoms. The number of ether oxygens (including phenoxy) is 1. The van der Waals surface area contributed by atoms with Crippen LogP contribution >= 0.6 is 0 Å². The van der Waals surface area contributed by atoms with Crippen LogP contribution in [-0.2, 0) is 6.54 Å². The van der Waals surface area contributed by atoms with Crippen molar-refractivity contribution in [1.82, 2.24) is 10.3 Å². The summed E-state index contributed by atoms with van der Waals surface area (Å²) < 4.78 is 5.55. The second-order valence-electron chi connectivity index (χ2n) is 6.27. The highest BCUT2D eigenvalue weighted by Gasteiger charge is 2.13. The van der Waals surface area contributed by atoms with Crippen LogP contribution in [0.4, 0.5) is 0 Å². The van der Waals surface area contributed by atoms with Crippen LogP contribution in [0.15, 0.2) is 60.9 Å². The van der Waals surface area contributed by atoms with Crippen LogP contribution in [-0.4, -0.2) is 18.0 Å². The fourth-order valence-electron chi connectivity index (χ4n) is 2.96. The molecular formula is C22H22N2O2. The third kappa shape index (κ3) is 3.91. The van der Waals surface area contributed by atoms with Crippen molar-refractivity contribution in [3.8, 4) is 16.9 Å². The van der Waals surface area contributed by atoms with Crippen LogP contribution in [0, 0.1) is 13.8 Å². The number of rotatable bonds is 5. The van der Waals surface area contributed by atoms with Crippen molar-refractivity contribution in [3.63, 3.8) is 0 Å². The largest absolute Gasteiger partial charge is 0.496 e. The standard InChI is InChI=1S/C22H22N2O2/c1-15-4-6-19(16(2)12-15)20-7-5-18(13-21(20)26-3)22(25)24-14-17-8-10-23-11-9-17/h4-13H,14H2,1-3H3,(H,24,25). The number of carbonyl (C=O) groups is 1. The molecule has 2 aromatic carbocycles. The van der Waals surface area contributed by atoms with E-state index >= 15 is 0 Å². The summed E-state index contributed by atoms with van der Waals surface area (Å²) in [7, 11) is 1.63. The first-order valence-corrected chi connectivity index (χ1v) is 8.51. The van der Waals surface area contributed by atoms with Crippen LogP contribution in [0.1, 0.15) is 27.0 Å². The van der Waals surface area contributed by atoms with Gasteiger partial charge in [0.1, 0.15) is 5.75 Å². The van der Waals surface area contributed by atoms with Crippen molar-refractivity contribution in [2.45, 2.75) is 20.4 Å². The SMILES string of the molecule is COc1cc(C(=O)NCc2ccncc2)ccc1-c1ccc(C)cc1C. The molecule has 1 amide bonds. The minimum absolute atomic E-state index is 0.132. The Balaban J connectivity index is 1.83. The average Bonchev–Trinajstić information content (AvgIpc) is 2.66. The number of nitrogens with zero attached hydrogens (tertiary/aromatic N) is 1. The molecule has 0 saturated carbocycles. The van der Waals surface area contributed by atoms with Gasteiger partial charge in [0.25, 0.3) is 5.91 Å². The molecule has 4 heteroatoms. The van der Waals surface area contributed by atoms with Crippen molar-refractivity contribution in [2.75, 3.05) is 7.11 Å². The maximum Gasteiger partial charge on any atom is 0.251 e. The van der Waals surface area contributed by atoms with Crippen LogP contribution in [0.5, 0.6) is 5.75 Å². The average molecular weight is 346 g/mol. The molecule has 0 saturated heterocycles. The highest BCUT2D eigenvalue weighted by atomic mass is 16.5. The molecule has 0 aliphatic heterocycles. The van der Waals surface area contributed by atoms with Crippen LogP contribution in [0.3, 0.4) is 0 Å². The van der Waals surface area contributed by atoms with E-state index < -0.39 is 0 Å². The lowest BCUT2D eigenvalue weighted by Crippen LogP contribution is -2.22. The molecule has 132 valence electrons. The molecule has 3 rings (SSSR count). The number of methoxy groups -OCH3 is 1. The summed E-state index contributed by atoms with van der Waals surface area (Å²) >= 11 is 0. The lowest BCUT2D eigenvalue weighted by atomic mass is 9.97. The van der Waals surface area contributed by atoms with E-state index in [-0.39, 0.29) is 5.91 Å². The van der Waals surface area contributed by atoms with Crippen LogP contribution < -0.4 is 10.1 Å². The summed E-state index contributed by atoms with van der Waals surface area (Å²) in [5.41, 5.74) is 6.07. The highest BCUT2D eigenvalue weighted by molar-refractivity contribution is 5.95. The summed E-state index contributed by atoms with van der Waals surface area (Å²) in [6, 6.07) is 15.6. The van der Waals surface area contributed by atoms with Crippen molar-refractivity contribution in [3.05, 3.63) is 83.2 Å². The van der Waals surface area contributed by atoms with E-state index in [1.807, 2.05) is 24.3 Å². The Labute approximate surface area is 153 Å². The molecule has 1 N–H and O–H groups in total. The molecule has 0 unspecified atom stereocenters.